The summed E-state index contributed by atoms with van der Waals surface area (Å²) in [5.41, 5.74) is 7.62. The molecule has 5 rings (SSSR count). The van der Waals surface area contributed by atoms with E-state index in [4.69, 9.17) is 33.7 Å². The fraction of sp³-hybridized carbons (Fsp3) is 0.0417. The highest BCUT2D eigenvalue weighted by atomic mass is 35.5. The molecule has 2 aromatic carbocycles. The molecule has 0 saturated carbocycles. The number of hydrogen-bond acceptors (Lipinski definition) is 7. The Labute approximate surface area is 207 Å². The Bertz CT molecular complexity index is 1640. The monoisotopic (exact) mass is 505 g/mol. The first-order valence-electron chi connectivity index (χ1n) is 9.91. The van der Waals surface area contributed by atoms with Crippen molar-refractivity contribution in [3.63, 3.8) is 0 Å². The number of allylic oxidation sites excluding steroid dienone is 1. The first-order valence-corrected chi connectivity index (χ1v) is 11.5. The van der Waals surface area contributed by atoms with E-state index in [-0.39, 0.29) is 38.4 Å². The number of aromatic amines is 1. The molecular formula is C24H13Cl2N5O2S. The van der Waals surface area contributed by atoms with Crippen LogP contribution in [-0.4, -0.2) is 4.98 Å². The predicted molar refractivity (Wildman–Crippen MR) is 133 cm³/mol. The highest BCUT2D eigenvalue weighted by molar-refractivity contribution is 7.23. The number of H-pyrrole nitrogens is 1. The molecule has 0 saturated heterocycles. The SMILES string of the molecule is N#CC1=C(N)Oc2c(c(=O)[nH]c3c(C#N)c(Nc4ccccc4)sc23)C1c1cccc(Cl)c1Cl. The molecule has 0 spiro atoms. The van der Waals surface area contributed by atoms with E-state index in [2.05, 4.69) is 16.4 Å². The third-order valence-corrected chi connectivity index (χ3v) is 7.39. The lowest BCUT2D eigenvalue weighted by atomic mass is 9.84. The summed E-state index contributed by atoms with van der Waals surface area (Å²) in [5.74, 6) is -0.863. The summed E-state index contributed by atoms with van der Waals surface area (Å²) in [5, 5.41) is 23.9. The Kier molecular flexibility index (Phi) is 5.43. The Morgan fingerprint density at radius 2 is 1.85 bits per heavy atom. The number of nitrogens with one attached hydrogen (secondary N) is 2. The number of benzene rings is 2. The zero-order chi connectivity index (χ0) is 24.0. The van der Waals surface area contributed by atoms with Gasteiger partial charge in [-0.1, -0.05) is 53.5 Å². The van der Waals surface area contributed by atoms with Crippen LogP contribution in [0, 0.1) is 22.7 Å². The van der Waals surface area contributed by atoms with Gasteiger partial charge in [0.1, 0.15) is 28.3 Å². The number of fused-ring (bicyclic) bond motifs is 3. The minimum absolute atomic E-state index is 0.0428. The highest BCUT2D eigenvalue weighted by Gasteiger charge is 2.37. The lowest BCUT2D eigenvalue weighted by Crippen LogP contribution is -2.27. The number of thiophene rings is 1. The number of nitrogens with two attached hydrogens (primary N) is 1. The summed E-state index contributed by atoms with van der Waals surface area (Å²) in [6, 6.07) is 18.5. The maximum Gasteiger partial charge on any atom is 0.256 e. The van der Waals surface area contributed by atoms with Gasteiger partial charge in [-0.15, -0.1) is 11.3 Å². The predicted octanol–water partition coefficient (Wildman–Crippen LogP) is 5.73. The lowest BCUT2D eigenvalue weighted by molar-refractivity contribution is 0.397. The molecule has 1 atom stereocenters. The Balaban J connectivity index is 1.79. The van der Waals surface area contributed by atoms with Gasteiger partial charge in [0, 0.05) is 5.69 Å². The van der Waals surface area contributed by atoms with E-state index >= 15 is 0 Å². The lowest BCUT2D eigenvalue weighted by Gasteiger charge is -2.26. The third kappa shape index (κ3) is 3.37. The molecule has 3 heterocycles. The average Bonchev–Trinajstić information content (AvgIpc) is 3.17. The van der Waals surface area contributed by atoms with Crippen LogP contribution < -0.4 is 21.3 Å². The fourth-order valence-corrected chi connectivity index (χ4v) is 5.49. The van der Waals surface area contributed by atoms with Gasteiger partial charge in [-0.3, -0.25) is 4.79 Å². The molecule has 0 fully saturated rings. The molecule has 7 nitrogen and oxygen atoms in total. The number of rotatable bonds is 3. The first-order chi connectivity index (χ1) is 16.4. The van der Waals surface area contributed by atoms with E-state index in [0.717, 1.165) is 5.69 Å². The number of nitrogens with zero attached hydrogens (tertiary/aromatic N) is 2. The van der Waals surface area contributed by atoms with Crippen molar-refractivity contribution in [3.05, 3.63) is 97.1 Å². The Morgan fingerprint density at radius 3 is 2.56 bits per heavy atom. The van der Waals surface area contributed by atoms with Crippen molar-refractivity contribution in [2.75, 3.05) is 5.32 Å². The van der Waals surface area contributed by atoms with Crippen molar-refractivity contribution in [2.24, 2.45) is 5.73 Å². The van der Waals surface area contributed by atoms with E-state index in [0.29, 0.717) is 20.8 Å². The van der Waals surface area contributed by atoms with E-state index < -0.39 is 11.5 Å². The summed E-state index contributed by atoms with van der Waals surface area (Å²) in [6.45, 7) is 0. The zero-order valence-corrected chi connectivity index (χ0v) is 19.5. The van der Waals surface area contributed by atoms with Gasteiger partial charge >= 0.3 is 0 Å². The van der Waals surface area contributed by atoms with Crippen molar-refractivity contribution in [1.82, 2.24) is 4.98 Å². The normalized spacial score (nSPS) is 14.8. The van der Waals surface area contributed by atoms with Crippen LogP contribution in [0.4, 0.5) is 10.7 Å². The van der Waals surface area contributed by atoms with Crippen molar-refractivity contribution in [3.8, 4) is 17.9 Å². The molecular weight excluding hydrogens is 493 g/mol. The van der Waals surface area contributed by atoms with Gasteiger partial charge in [-0.05, 0) is 23.8 Å². The summed E-state index contributed by atoms with van der Waals surface area (Å²) in [4.78, 5) is 16.2. The van der Waals surface area contributed by atoms with Crippen molar-refractivity contribution < 1.29 is 4.74 Å². The molecule has 4 aromatic rings. The fourth-order valence-electron chi connectivity index (χ4n) is 3.95. The van der Waals surface area contributed by atoms with Gasteiger partial charge in [-0.2, -0.15) is 10.5 Å². The Morgan fingerprint density at radius 1 is 1.09 bits per heavy atom. The molecule has 0 bridgehead atoms. The second kappa shape index (κ2) is 8.44. The third-order valence-electron chi connectivity index (χ3n) is 5.45. The molecule has 1 unspecified atom stereocenters. The number of nitriles is 2. The topological polar surface area (TPSA) is 128 Å². The maximum atomic E-state index is 13.4. The van der Waals surface area contributed by atoms with Gasteiger partial charge in [0.25, 0.3) is 5.56 Å². The maximum absolute atomic E-state index is 13.4. The zero-order valence-electron chi connectivity index (χ0n) is 17.1. The minimum Gasteiger partial charge on any atom is -0.438 e. The molecule has 2 aromatic heterocycles. The second-order valence-corrected chi connectivity index (χ2v) is 9.18. The molecule has 1 aliphatic rings. The van der Waals surface area contributed by atoms with Crippen LogP contribution in [0.2, 0.25) is 10.0 Å². The molecule has 166 valence electrons. The highest BCUT2D eigenvalue weighted by Crippen LogP contribution is 2.49. The standard InChI is InChI=1S/C24H13Cl2N5O2S/c25-15-8-4-7-12(18(15)26)16-13(9-27)22(29)33-20-17(16)23(32)31-19-14(10-28)24(34-21(19)20)30-11-5-2-1-3-6-11/h1-8,16,30H,29H2,(H,31,32). The van der Waals surface area contributed by atoms with Crippen LogP contribution in [-0.2, 0) is 0 Å². The molecule has 0 radical (unpaired) electrons. The largest absolute Gasteiger partial charge is 0.438 e. The van der Waals surface area contributed by atoms with E-state index in [1.807, 2.05) is 36.4 Å². The van der Waals surface area contributed by atoms with Gasteiger partial charge in [0.2, 0.25) is 5.88 Å². The summed E-state index contributed by atoms with van der Waals surface area (Å²) < 4.78 is 6.33. The summed E-state index contributed by atoms with van der Waals surface area (Å²) >= 11 is 13.9. The van der Waals surface area contributed by atoms with E-state index in [9.17, 15) is 15.3 Å². The number of halogens is 2. The average molecular weight is 506 g/mol. The Hall–Kier alpha value is -3.95. The molecule has 10 heteroatoms. The molecule has 0 amide bonds. The summed E-state index contributed by atoms with van der Waals surface area (Å²) in [7, 11) is 0. The summed E-state index contributed by atoms with van der Waals surface area (Å²) in [6.07, 6.45) is 0. The number of ether oxygens (including phenoxy) is 1. The van der Waals surface area contributed by atoms with Crippen LogP contribution in [0.15, 0.2) is 64.8 Å². The first kappa shape index (κ1) is 21.9. The van der Waals surface area contributed by atoms with Crippen molar-refractivity contribution in [2.45, 2.75) is 5.92 Å². The van der Waals surface area contributed by atoms with Gasteiger partial charge in [0.15, 0.2) is 5.75 Å². The minimum atomic E-state index is -0.897. The van der Waals surface area contributed by atoms with Crippen LogP contribution in [0.3, 0.4) is 0 Å². The van der Waals surface area contributed by atoms with E-state index in [1.54, 1.807) is 18.2 Å². The van der Waals surface area contributed by atoms with Crippen LogP contribution in [0.5, 0.6) is 5.75 Å². The number of pyridine rings is 1. The van der Waals surface area contributed by atoms with Gasteiger partial charge < -0.3 is 20.8 Å². The van der Waals surface area contributed by atoms with Crippen LogP contribution in [0.25, 0.3) is 10.2 Å². The number of aromatic nitrogens is 1. The van der Waals surface area contributed by atoms with Gasteiger partial charge in [-0.25, -0.2) is 0 Å². The molecule has 0 aliphatic carbocycles. The molecule has 4 N–H and O–H groups in total. The van der Waals surface area contributed by atoms with Crippen molar-refractivity contribution in [1.29, 1.82) is 10.5 Å². The van der Waals surface area contributed by atoms with Crippen LogP contribution >= 0.6 is 34.5 Å². The second-order valence-electron chi connectivity index (χ2n) is 7.38. The molecule has 34 heavy (non-hydrogen) atoms. The number of anilines is 2. The number of para-hydroxylation sites is 1. The molecule has 1 aliphatic heterocycles. The quantitative estimate of drug-likeness (QED) is 0.326. The van der Waals surface area contributed by atoms with Gasteiger partial charge in [0.05, 0.1) is 31.7 Å². The van der Waals surface area contributed by atoms with Crippen molar-refractivity contribution >= 4 is 55.4 Å². The van der Waals surface area contributed by atoms with Crippen LogP contribution in [0.1, 0.15) is 22.6 Å². The number of hydrogen-bond donors (Lipinski definition) is 3. The smallest absolute Gasteiger partial charge is 0.256 e. The van der Waals surface area contributed by atoms with E-state index in [1.165, 1.54) is 11.3 Å².